The maximum Gasteiger partial charge on any atom is 0.350 e. The molecule has 0 bridgehead atoms. The number of pyridine rings is 1. The van der Waals surface area contributed by atoms with Gasteiger partial charge in [-0.25, -0.2) is 14.3 Å². The summed E-state index contributed by atoms with van der Waals surface area (Å²) in [5.41, 5.74) is 4.34. The smallest absolute Gasteiger partial charge is 0.350 e. The number of benzene rings is 1. The summed E-state index contributed by atoms with van der Waals surface area (Å²) in [5.74, 6) is -0.343. The standard InChI is InChI=1S/C20H17N3O2S/c1-3-25-20(24)18-17(14-9-5-4-6-10-14)21-19(26-18)16-13(2)22-23-12-8-7-11-15(16)23/h4-12H,3H2,1-2H3. The summed E-state index contributed by atoms with van der Waals surface area (Å²) in [6.07, 6.45) is 1.91. The number of aromatic nitrogens is 3. The molecule has 0 unspecified atom stereocenters. The van der Waals surface area contributed by atoms with E-state index in [2.05, 4.69) is 5.10 Å². The molecule has 4 rings (SSSR count). The van der Waals surface area contributed by atoms with Gasteiger partial charge in [-0.1, -0.05) is 36.4 Å². The first-order valence-electron chi connectivity index (χ1n) is 8.36. The van der Waals surface area contributed by atoms with Crippen LogP contribution in [0.25, 0.3) is 27.3 Å². The second-order valence-electron chi connectivity index (χ2n) is 5.77. The maximum atomic E-state index is 12.5. The third kappa shape index (κ3) is 2.78. The van der Waals surface area contributed by atoms with E-state index in [4.69, 9.17) is 9.72 Å². The van der Waals surface area contributed by atoms with E-state index in [1.807, 2.05) is 66.2 Å². The van der Waals surface area contributed by atoms with Crippen molar-refractivity contribution in [3.05, 3.63) is 65.3 Å². The number of carbonyl (C=O) groups excluding carboxylic acids is 1. The van der Waals surface area contributed by atoms with Crippen LogP contribution in [0.4, 0.5) is 0 Å². The minimum absolute atomic E-state index is 0.329. The molecule has 3 heterocycles. The SMILES string of the molecule is CCOC(=O)c1sc(-c2c(C)nn3ccccc23)nc1-c1ccccc1. The molecule has 0 saturated carbocycles. The monoisotopic (exact) mass is 363 g/mol. The second-order valence-corrected chi connectivity index (χ2v) is 6.77. The average molecular weight is 363 g/mol. The molecule has 0 N–H and O–H groups in total. The van der Waals surface area contributed by atoms with Crippen molar-refractivity contribution < 1.29 is 9.53 Å². The third-order valence-electron chi connectivity index (χ3n) is 4.06. The van der Waals surface area contributed by atoms with Crippen molar-refractivity contribution in [2.45, 2.75) is 13.8 Å². The van der Waals surface area contributed by atoms with Crippen LogP contribution in [-0.4, -0.2) is 27.2 Å². The quantitative estimate of drug-likeness (QED) is 0.497. The normalized spacial score (nSPS) is 11.0. The van der Waals surface area contributed by atoms with Gasteiger partial charge in [-0.2, -0.15) is 5.10 Å². The Bertz CT molecular complexity index is 1080. The number of esters is 1. The Balaban J connectivity index is 1.93. The number of nitrogens with zero attached hydrogens (tertiary/aromatic N) is 3. The van der Waals surface area contributed by atoms with Crippen LogP contribution in [0, 0.1) is 6.92 Å². The number of rotatable bonds is 4. The number of thiazole rings is 1. The van der Waals surface area contributed by atoms with E-state index in [0.717, 1.165) is 27.3 Å². The number of hydrogen-bond acceptors (Lipinski definition) is 5. The van der Waals surface area contributed by atoms with Crippen LogP contribution >= 0.6 is 11.3 Å². The largest absolute Gasteiger partial charge is 0.462 e. The Morgan fingerprint density at radius 2 is 1.92 bits per heavy atom. The summed E-state index contributed by atoms with van der Waals surface area (Å²) in [6, 6.07) is 15.6. The molecule has 0 saturated heterocycles. The van der Waals surface area contributed by atoms with Crippen molar-refractivity contribution >= 4 is 22.8 Å². The molecule has 3 aromatic heterocycles. The molecule has 4 aromatic rings. The molecule has 0 fully saturated rings. The number of fused-ring (bicyclic) bond motifs is 1. The third-order valence-corrected chi connectivity index (χ3v) is 5.12. The maximum absolute atomic E-state index is 12.5. The summed E-state index contributed by atoms with van der Waals surface area (Å²) < 4.78 is 7.08. The molecule has 26 heavy (non-hydrogen) atoms. The fourth-order valence-corrected chi connectivity index (χ4v) is 4.02. The number of aryl methyl sites for hydroxylation is 1. The summed E-state index contributed by atoms with van der Waals surface area (Å²) in [5, 5.41) is 5.32. The van der Waals surface area contributed by atoms with Crippen molar-refractivity contribution in [1.82, 2.24) is 14.6 Å². The van der Waals surface area contributed by atoms with Crippen molar-refractivity contribution in [3.63, 3.8) is 0 Å². The zero-order valence-electron chi connectivity index (χ0n) is 14.5. The van der Waals surface area contributed by atoms with E-state index >= 15 is 0 Å². The van der Waals surface area contributed by atoms with E-state index in [-0.39, 0.29) is 5.97 Å². The lowest BCUT2D eigenvalue weighted by Crippen LogP contribution is -2.03. The van der Waals surface area contributed by atoms with Gasteiger partial charge in [0.15, 0.2) is 0 Å². The highest BCUT2D eigenvalue weighted by Crippen LogP contribution is 2.37. The van der Waals surface area contributed by atoms with E-state index in [1.165, 1.54) is 11.3 Å². The second kappa shape index (κ2) is 6.72. The zero-order chi connectivity index (χ0) is 18.1. The molecule has 5 nitrogen and oxygen atoms in total. The first-order valence-corrected chi connectivity index (χ1v) is 9.18. The lowest BCUT2D eigenvalue weighted by atomic mass is 10.1. The fraction of sp³-hybridized carbons (Fsp3) is 0.150. The van der Waals surface area contributed by atoms with Crippen LogP contribution in [0.15, 0.2) is 54.7 Å². The average Bonchev–Trinajstić information content (AvgIpc) is 3.23. The molecular weight excluding hydrogens is 346 g/mol. The molecular formula is C20H17N3O2S. The van der Waals surface area contributed by atoms with Crippen LogP contribution in [0.2, 0.25) is 0 Å². The minimum atomic E-state index is -0.343. The topological polar surface area (TPSA) is 56.5 Å². The number of carbonyl (C=O) groups is 1. The first-order chi connectivity index (χ1) is 12.7. The van der Waals surface area contributed by atoms with Crippen LogP contribution in [0.5, 0.6) is 0 Å². The Morgan fingerprint density at radius 1 is 1.15 bits per heavy atom. The lowest BCUT2D eigenvalue weighted by molar-refractivity contribution is 0.0532. The predicted octanol–water partition coefficient (Wildman–Crippen LogP) is 4.61. The molecule has 0 aliphatic carbocycles. The highest BCUT2D eigenvalue weighted by atomic mass is 32.1. The van der Waals surface area contributed by atoms with Crippen LogP contribution < -0.4 is 0 Å². The molecule has 0 radical (unpaired) electrons. The van der Waals surface area contributed by atoms with Gasteiger partial charge in [0.25, 0.3) is 0 Å². The van der Waals surface area contributed by atoms with Gasteiger partial charge in [0.1, 0.15) is 9.88 Å². The van der Waals surface area contributed by atoms with Crippen molar-refractivity contribution in [3.8, 4) is 21.8 Å². The Labute approximate surface area is 154 Å². The predicted molar refractivity (Wildman–Crippen MR) is 102 cm³/mol. The molecule has 1 aromatic carbocycles. The fourth-order valence-electron chi connectivity index (χ4n) is 2.93. The van der Waals surface area contributed by atoms with Gasteiger partial charge in [-0.05, 0) is 26.0 Å². The van der Waals surface area contributed by atoms with Gasteiger partial charge in [-0.15, -0.1) is 11.3 Å². The molecule has 0 spiro atoms. The number of hydrogen-bond donors (Lipinski definition) is 0. The molecule has 6 heteroatoms. The highest BCUT2D eigenvalue weighted by Gasteiger charge is 2.23. The molecule has 0 aliphatic rings. The van der Waals surface area contributed by atoms with E-state index in [1.54, 1.807) is 6.92 Å². The summed E-state index contributed by atoms with van der Waals surface area (Å²) >= 11 is 1.35. The van der Waals surface area contributed by atoms with Gasteiger partial charge in [0.2, 0.25) is 0 Å². The van der Waals surface area contributed by atoms with Gasteiger partial charge in [-0.3, -0.25) is 0 Å². The van der Waals surface area contributed by atoms with E-state index in [9.17, 15) is 4.79 Å². The molecule has 0 atom stereocenters. The van der Waals surface area contributed by atoms with Gasteiger partial charge in [0, 0.05) is 11.8 Å². The van der Waals surface area contributed by atoms with Crippen molar-refractivity contribution in [2.75, 3.05) is 6.61 Å². The van der Waals surface area contributed by atoms with Crippen LogP contribution in [0.3, 0.4) is 0 Å². The van der Waals surface area contributed by atoms with Crippen molar-refractivity contribution in [1.29, 1.82) is 0 Å². The zero-order valence-corrected chi connectivity index (χ0v) is 15.3. The minimum Gasteiger partial charge on any atom is -0.462 e. The summed E-state index contributed by atoms with van der Waals surface area (Å²) in [7, 11) is 0. The van der Waals surface area contributed by atoms with Gasteiger partial charge >= 0.3 is 5.97 Å². The Morgan fingerprint density at radius 3 is 2.69 bits per heavy atom. The van der Waals surface area contributed by atoms with Crippen LogP contribution in [-0.2, 0) is 4.74 Å². The van der Waals surface area contributed by atoms with Crippen LogP contribution in [0.1, 0.15) is 22.3 Å². The van der Waals surface area contributed by atoms with Crippen molar-refractivity contribution in [2.24, 2.45) is 0 Å². The van der Waals surface area contributed by atoms with Gasteiger partial charge in [0.05, 0.1) is 29.1 Å². The van der Waals surface area contributed by atoms with E-state index in [0.29, 0.717) is 17.2 Å². The summed E-state index contributed by atoms with van der Waals surface area (Å²) in [6.45, 7) is 4.09. The Hall–Kier alpha value is -2.99. The van der Waals surface area contributed by atoms with E-state index < -0.39 is 0 Å². The highest BCUT2D eigenvalue weighted by molar-refractivity contribution is 7.17. The number of ether oxygens (including phenoxy) is 1. The Kier molecular flexibility index (Phi) is 4.26. The lowest BCUT2D eigenvalue weighted by Gasteiger charge is -2.01. The van der Waals surface area contributed by atoms with Gasteiger partial charge < -0.3 is 4.74 Å². The molecule has 0 amide bonds. The summed E-state index contributed by atoms with van der Waals surface area (Å²) in [4.78, 5) is 17.8. The molecule has 130 valence electrons. The first kappa shape index (κ1) is 16.5. The molecule has 0 aliphatic heterocycles.